The molecule has 0 aliphatic carbocycles. The van der Waals surface area contributed by atoms with Crippen LogP contribution in [-0.2, 0) is 9.53 Å². The number of thiazole rings is 1. The maximum Gasteiger partial charge on any atom is 0.338 e. The number of hydrogen-bond donors (Lipinski definition) is 0. The average Bonchev–Trinajstić information content (AvgIpc) is 3.21. The van der Waals surface area contributed by atoms with Crippen molar-refractivity contribution in [1.82, 2.24) is 4.57 Å². The van der Waals surface area contributed by atoms with E-state index in [9.17, 15) is 9.59 Å². The van der Waals surface area contributed by atoms with Gasteiger partial charge in [-0.05, 0) is 42.3 Å². The van der Waals surface area contributed by atoms with Crippen molar-refractivity contribution >= 4 is 34.2 Å². The highest BCUT2D eigenvalue weighted by atomic mass is 32.1. The lowest BCUT2D eigenvalue weighted by atomic mass is 9.91. The molecule has 0 bridgehead atoms. The monoisotopic (exact) mass is 509 g/mol. The van der Waals surface area contributed by atoms with Crippen molar-refractivity contribution < 1.29 is 14.3 Å². The Balaban J connectivity index is 1.77. The van der Waals surface area contributed by atoms with E-state index in [4.69, 9.17) is 14.7 Å². The summed E-state index contributed by atoms with van der Waals surface area (Å²) in [4.78, 5) is 32.2. The second-order valence-corrected chi connectivity index (χ2v) is 9.36. The standard InChI is InChI=1S/C29H23N3O4S/c1-3-35-28(34)25-18(2)31-29-32(26(25)22-13-8-11-19-9-4-6-12-21(19)22)27(33)24(37-29)17-20-10-5-7-14-23(20)36-16-15-30/h4-14,17,26H,3,16H2,1-2H3/b24-17+/t26-/m1/s1. The Hall–Kier alpha value is -4.48. The number of aromatic nitrogens is 1. The lowest BCUT2D eigenvalue weighted by Gasteiger charge is -2.25. The minimum Gasteiger partial charge on any atom is -0.478 e. The first kappa shape index (κ1) is 24.2. The maximum absolute atomic E-state index is 13.9. The second kappa shape index (κ2) is 10.2. The third-order valence-electron chi connectivity index (χ3n) is 6.13. The van der Waals surface area contributed by atoms with E-state index in [-0.39, 0.29) is 18.8 Å². The minimum absolute atomic E-state index is 0.102. The van der Waals surface area contributed by atoms with E-state index in [1.165, 1.54) is 11.3 Å². The number of para-hydroxylation sites is 1. The zero-order valence-corrected chi connectivity index (χ0v) is 21.1. The molecule has 5 rings (SSSR count). The molecule has 2 heterocycles. The summed E-state index contributed by atoms with van der Waals surface area (Å²) in [5.41, 5.74) is 2.08. The van der Waals surface area contributed by atoms with Crippen molar-refractivity contribution in [3.63, 3.8) is 0 Å². The summed E-state index contributed by atoms with van der Waals surface area (Å²) < 4.78 is 13.0. The molecule has 8 heteroatoms. The Morgan fingerprint density at radius 1 is 1.14 bits per heavy atom. The predicted molar refractivity (Wildman–Crippen MR) is 142 cm³/mol. The fraction of sp³-hybridized carbons (Fsp3) is 0.172. The molecule has 0 unspecified atom stereocenters. The van der Waals surface area contributed by atoms with Gasteiger partial charge in [-0.15, -0.1) is 0 Å². The molecule has 184 valence electrons. The molecule has 0 fully saturated rings. The van der Waals surface area contributed by atoms with Gasteiger partial charge < -0.3 is 9.47 Å². The van der Waals surface area contributed by atoms with Crippen LogP contribution in [0.4, 0.5) is 0 Å². The van der Waals surface area contributed by atoms with Crippen LogP contribution in [0, 0.1) is 11.3 Å². The summed E-state index contributed by atoms with van der Waals surface area (Å²) in [7, 11) is 0. The van der Waals surface area contributed by atoms with Crippen molar-refractivity contribution in [3.8, 4) is 11.8 Å². The van der Waals surface area contributed by atoms with Gasteiger partial charge in [-0.2, -0.15) is 5.26 Å². The van der Waals surface area contributed by atoms with Crippen LogP contribution in [0.25, 0.3) is 16.8 Å². The van der Waals surface area contributed by atoms with E-state index < -0.39 is 12.0 Å². The molecule has 0 saturated heterocycles. The average molecular weight is 510 g/mol. The van der Waals surface area contributed by atoms with Crippen LogP contribution in [0.5, 0.6) is 5.75 Å². The summed E-state index contributed by atoms with van der Waals surface area (Å²) in [5, 5.41) is 10.9. The van der Waals surface area contributed by atoms with Crippen LogP contribution in [0.3, 0.4) is 0 Å². The van der Waals surface area contributed by atoms with Gasteiger partial charge in [0.25, 0.3) is 5.56 Å². The van der Waals surface area contributed by atoms with Gasteiger partial charge in [-0.3, -0.25) is 9.36 Å². The van der Waals surface area contributed by atoms with Gasteiger partial charge >= 0.3 is 5.97 Å². The van der Waals surface area contributed by atoms with E-state index in [0.717, 1.165) is 16.3 Å². The molecule has 0 N–H and O–H groups in total. The number of nitriles is 1. The normalized spacial score (nSPS) is 15.2. The lowest BCUT2D eigenvalue weighted by molar-refractivity contribution is -0.139. The molecule has 4 aromatic rings. The highest BCUT2D eigenvalue weighted by Crippen LogP contribution is 2.34. The molecule has 0 spiro atoms. The van der Waals surface area contributed by atoms with Gasteiger partial charge in [-0.25, -0.2) is 9.79 Å². The molecule has 37 heavy (non-hydrogen) atoms. The first-order valence-electron chi connectivity index (χ1n) is 11.8. The van der Waals surface area contributed by atoms with Crippen LogP contribution in [0.15, 0.2) is 87.8 Å². The Labute approximate surface area is 216 Å². The third-order valence-corrected chi connectivity index (χ3v) is 7.12. The fourth-order valence-corrected chi connectivity index (χ4v) is 5.59. The Morgan fingerprint density at radius 2 is 1.89 bits per heavy atom. The van der Waals surface area contributed by atoms with E-state index in [0.29, 0.717) is 31.9 Å². The first-order valence-corrected chi connectivity index (χ1v) is 12.6. The molecule has 7 nitrogen and oxygen atoms in total. The molecule has 0 amide bonds. The molecule has 0 saturated carbocycles. The summed E-state index contributed by atoms with van der Waals surface area (Å²) in [6.07, 6.45) is 1.74. The summed E-state index contributed by atoms with van der Waals surface area (Å²) in [6, 6.07) is 22.2. The van der Waals surface area contributed by atoms with Crippen LogP contribution in [0.1, 0.15) is 31.0 Å². The van der Waals surface area contributed by atoms with Gasteiger partial charge in [0.2, 0.25) is 0 Å². The molecule has 1 aromatic heterocycles. The van der Waals surface area contributed by atoms with Crippen molar-refractivity contribution in [2.45, 2.75) is 19.9 Å². The van der Waals surface area contributed by atoms with E-state index in [1.807, 2.05) is 60.7 Å². The Bertz CT molecular complexity index is 1770. The Kier molecular flexibility index (Phi) is 6.71. The van der Waals surface area contributed by atoms with Crippen LogP contribution in [-0.4, -0.2) is 23.8 Å². The highest BCUT2D eigenvalue weighted by Gasteiger charge is 2.34. The van der Waals surface area contributed by atoms with Crippen LogP contribution >= 0.6 is 11.3 Å². The zero-order valence-electron chi connectivity index (χ0n) is 20.3. The van der Waals surface area contributed by atoms with Crippen LogP contribution in [0.2, 0.25) is 0 Å². The van der Waals surface area contributed by atoms with Gasteiger partial charge in [0, 0.05) is 5.56 Å². The van der Waals surface area contributed by atoms with Crippen molar-refractivity contribution in [2.24, 2.45) is 4.99 Å². The van der Waals surface area contributed by atoms with E-state index in [2.05, 4.69) is 4.99 Å². The maximum atomic E-state index is 13.9. The summed E-state index contributed by atoms with van der Waals surface area (Å²) in [6.45, 7) is 3.63. The summed E-state index contributed by atoms with van der Waals surface area (Å²) in [5.74, 6) is 0.00935. The molecular weight excluding hydrogens is 486 g/mol. The second-order valence-electron chi connectivity index (χ2n) is 8.36. The molecule has 0 radical (unpaired) electrons. The zero-order chi connectivity index (χ0) is 25.9. The van der Waals surface area contributed by atoms with Crippen LogP contribution < -0.4 is 19.6 Å². The van der Waals surface area contributed by atoms with Gasteiger partial charge in [0.1, 0.15) is 11.8 Å². The number of carbonyl (C=O) groups excluding carboxylic acids is 1. The highest BCUT2D eigenvalue weighted by molar-refractivity contribution is 7.07. The van der Waals surface area contributed by atoms with Gasteiger partial charge in [-0.1, -0.05) is 72.0 Å². The van der Waals surface area contributed by atoms with Gasteiger partial charge in [0.05, 0.1) is 28.5 Å². The number of nitrogens with zero attached hydrogens (tertiary/aromatic N) is 3. The smallest absolute Gasteiger partial charge is 0.338 e. The van der Waals surface area contributed by atoms with Crippen molar-refractivity contribution in [2.75, 3.05) is 13.2 Å². The number of allylic oxidation sites excluding steroid dienone is 1. The quantitative estimate of drug-likeness (QED) is 0.368. The molecular formula is C29H23N3O4S. The predicted octanol–water partition coefficient (Wildman–Crippen LogP) is 3.85. The Morgan fingerprint density at radius 3 is 2.70 bits per heavy atom. The number of fused-ring (bicyclic) bond motifs is 2. The number of ether oxygens (including phenoxy) is 2. The molecule has 1 atom stereocenters. The summed E-state index contributed by atoms with van der Waals surface area (Å²) >= 11 is 1.25. The molecule has 1 aliphatic heterocycles. The van der Waals surface area contributed by atoms with Gasteiger partial charge in [0.15, 0.2) is 11.4 Å². The first-order chi connectivity index (χ1) is 18.0. The number of carbonyl (C=O) groups is 1. The topological polar surface area (TPSA) is 93.7 Å². The SMILES string of the molecule is CCOC(=O)C1=C(C)N=c2s/c(=C/c3ccccc3OCC#N)c(=O)n2[C@@H]1c1cccc2ccccc12. The lowest BCUT2D eigenvalue weighted by Crippen LogP contribution is -2.40. The van der Waals surface area contributed by atoms with Crippen molar-refractivity contribution in [3.05, 3.63) is 109 Å². The largest absolute Gasteiger partial charge is 0.478 e. The van der Waals surface area contributed by atoms with Crippen molar-refractivity contribution in [1.29, 1.82) is 5.26 Å². The molecule has 3 aromatic carbocycles. The number of benzene rings is 3. The molecule has 1 aliphatic rings. The number of esters is 1. The minimum atomic E-state index is -0.700. The number of hydrogen-bond acceptors (Lipinski definition) is 7. The van der Waals surface area contributed by atoms with E-state index >= 15 is 0 Å². The van der Waals surface area contributed by atoms with E-state index in [1.54, 1.807) is 36.6 Å². The third kappa shape index (κ3) is 4.46. The fourth-order valence-electron chi connectivity index (χ4n) is 4.56. The number of rotatable bonds is 6.